The molecule has 3 unspecified atom stereocenters. The number of guanidine groups is 1. The maximum Gasteiger partial charge on any atom is 0.191 e. The number of ether oxygens (including phenoxy) is 2. The molecular formula is C19H35N3O2. The first-order valence-corrected chi connectivity index (χ1v) is 9.84. The van der Waals surface area contributed by atoms with Gasteiger partial charge >= 0.3 is 0 Å². The molecule has 5 nitrogen and oxygen atoms in total. The Morgan fingerprint density at radius 2 is 2.12 bits per heavy atom. The van der Waals surface area contributed by atoms with E-state index in [4.69, 9.17) is 9.47 Å². The third-order valence-electron chi connectivity index (χ3n) is 6.01. The number of hydrogen-bond donors (Lipinski definition) is 2. The number of aliphatic imine (C=N–C) groups is 1. The van der Waals surface area contributed by atoms with Gasteiger partial charge in [0.05, 0.1) is 6.10 Å². The summed E-state index contributed by atoms with van der Waals surface area (Å²) in [7, 11) is 1.87. The van der Waals surface area contributed by atoms with Gasteiger partial charge in [-0.3, -0.25) is 4.99 Å². The van der Waals surface area contributed by atoms with Crippen LogP contribution < -0.4 is 10.6 Å². The molecule has 24 heavy (non-hydrogen) atoms. The monoisotopic (exact) mass is 337 g/mol. The Labute approximate surface area is 147 Å². The Kier molecular flexibility index (Phi) is 6.03. The third-order valence-corrected chi connectivity index (χ3v) is 6.01. The lowest BCUT2D eigenvalue weighted by atomic mass is 9.54. The highest BCUT2D eigenvalue weighted by molar-refractivity contribution is 5.80. The zero-order valence-electron chi connectivity index (χ0n) is 15.6. The first-order chi connectivity index (χ1) is 11.7. The highest BCUT2D eigenvalue weighted by Crippen LogP contribution is 2.60. The predicted molar refractivity (Wildman–Crippen MR) is 97.3 cm³/mol. The zero-order chi connectivity index (χ0) is 17.0. The number of fused-ring (bicyclic) bond motifs is 2. The first-order valence-electron chi connectivity index (χ1n) is 9.84. The zero-order valence-corrected chi connectivity index (χ0v) is 15.6. The van der Waals surface area contributed by atoms with Crippen LogP contribution in [0.25, 0.3) is 0 Å². The van der Waals surface area contributed by atoms with Gasteiger partial charge in [0.15, 0.2) is 5.96 Å². The van der Waals surface area contributed by atoms with E-state index < -0.39 is 0 Å². The minimum atomic E-state index is 0.374. The number of hydrogen-bond acceptors (Lipinski definition) is 3. The van der Waals surface area contributed by atoms with Crippen LogP contribution in [0.4, 0.5) is 0 Å². The van der Waals surface area contributed by atoms with Gasteiger partial charge in [-0.05, 0) is 31.6 Å². The van der Waals surface area contributed by atoms with Crippen LogP contribution in [-0.4, -0.2) is 51.5 Å². The molecule has 1 saturated heterocycles. The van der Waals surface area contributed by atoms with Crippen molar-refractivity contribution in [2.45, 2.75) is 64.5 Å². The highest BCUT2D eigenvalue weighted by atomic mass is 16.5. The molecule has 2 N–H and O–H groups in total. The van der Waals surface area contributed by atoms with Gasteiger partial charge < -0.3 is 20.1 Å². The molecule has 3 fully saturated rings. The van der Waals surface area contributed by atoms with E-state index in [0.717, 1.165) is 38.7 Å². The maximum atomic E-state index is 6.06. The molecule has 0 aromatic rings. The lowest BCUT2D eigenvalue weighted by molar-refractivity contribution is -0.125. The Morgan fingerprint density at radius 3 is 2.83 bits per heavy atom. The summed E-state index contributed by atoms with van der Waals surface area (Å²) in [5.41, 5.74) is 0.374. The van der Waals surface area contributed by atoms with Crippen molar-refractivity contribution in [3.63, 3.8) is 0 Å². The fourth-order valence-corrected chi connectivity index (χ4v) is 4.95. The van der Waals surface area contributed by atoms with Crippen molar-refractivity contribution in [2.24, 2.45) is 22.2 Å². The van der Waals surface area contributed by atoms with E-state index in [1.165, 1.54) is 32.1 Å². The molecule has 5 heteroatoms. The molecule has 0 aromatic heterocycles. The van der Waals surface area contributed by atoms with Gasteiger partial charge in [0.2, 0.25) is 0 Å². The standard InChI is InChI=1S/C19H35N3O2/c1-14(2)13-23-11-6-10-21-18(20-3)22-16-15-7-12-24-17(15)19(16)8-4-5-9-19/h14-17H,4-13H2,1-3H3,(H2,20,21,22). The number of nitrogens with zero attached hydrogens (tertiary/aromatic N) is 1. The van der Waals surface area contributed by atoms with Gasteiger partial charge in [0, 0.05) is 50.8 Å². The molecule has 2 saturated carbocycles. The van der Waals surface area contributed by atoms with Gasteiger partial charge in [0.1, 0.15) is 0 Å². The van der Waals surface area contributed by atoms with Gasteiger partial charge in [0.25, 0.3) is 0 Å². The van der Waals surface area contributed by atoms with Crippen molar-refractivity contribution >= 4 is 5.96 Å². The Bertz CT molecular complexity index is 432. The average molecular weight is 338 g/mol. The van der Waals surface area contributed by atoms with Crippen molar-refractivity contribution in [3.05, 3.63) is 0 Å². The fraction of sp³-hybridized carbons (Fsp3) is 0.947. The van der Waals surface area contributed by atoms with Crippen LogP contribution in [0, 0.1) is 17.3 Å². The number of nitrogens with one attached hydrogen (secondary N) is 2. The summed E-state index contributed by atoms with van der Waals surface area (Å²) in [5.74, 6) is 2.23. The van der Waals surface area contributed by atoms with E-state index in [0.29, 0.717) is 29.4 Å². The van der Waals surface area contributed by atoms with E-state index >= 15 is 0 Å². The molecule has 0 aromatic carbocycles. The molecule has 1 spiro atoms. The van der Waals surface area contributed by atoms with Crippen LogP contribution in [0.2, 0.25) is 0 Å². The Hall–Kier alpha value is -0.810. The largest absolute Gasteiger partial charge is 0.381 e. The summed E-state index contributed by atoms with van der Waals surface area (Å²) in [4.78, 5) is 4.44. The van der Waals surface area contributed by atoms with E-state index in [2.05, 4.69) is 29.5 Å². The lowest BCUT2D eigenvalue weighted by Gasteiger charge is -2.57. The molecule has 3 aliphatic rings. The summed E-state index contributed by atoms with van der Waals surface area (Å²) >= 11 is 0. The van der Waals surface area contributed by atoms with E-state index in [1.54, 1.807) is 0 Å². The van der Waals surface area contributed by atoms with Crippen LogP contribution in [0.15, 0.2) is 4.99 Å². The molecule has 0 radical (unpaired) electrons. The summed E-state index contributed by atoms with van der Waals surface area (Å²) in [6.07, 6.45) is 8.04. The Morgan fingerprint density at radius 1 is 1.33 bits per heavy atom. The van der Waals surface area contributed by atoms with Crippen molar-refractivity contribution in [1.82, 2.24) is 10.6 Å². The molecule has 2 aliphatic carbocycles. The third kappa shape index (κ3) is 3.57. The number of rotatable bonds is 7. The van der Waals surface area contributed by atoms with Gasteiger partial charge in [-0.15, -0.1) is 0 Å². The maximum absolute atomic E-state index is 6.06. The van der Waals surface area contributed by atoms with Gasteiger partial charge in [-0.2, -0.15) is 0 Å². The summed E-state index contributed by atoms with van der Waals surface area (Å²) in [6.45, 7) is 7.87. The van der Waals surface area contributed by atoms with Crippen LogP contribution in [0.5, 0.6) is 0 Å². The fourth-order valence-electron chi connectivity index (χ4n) is 4.95. The molecule has 138 valence electrons. The first kappa shape index (κ1) is 18.0. The van der Waals surface area contributed by atoms with Gasteiger partial charge in [-0.1, -0.05) is 26.7 Å². The minimum absolute atomic E-state index is 0.374. The SMILES string of the molecule is CN=C(NCCCOCC(C)C)NC1C2CCOC2C12CCCC2. The molecule has 0 bridgehead atoms. The molecular weight excluding hydrogens is 302 g/mol. The smallest absolute Gasteiger partial charge is 0.191 e. The second-order valence-electron chi connectivity index (χ2n) is 8.13. The molecule has 1 aliphatic heterocycles. The summed E-state index contributed by atoms with van der Waals surface area (Å²) in [6, 6.07) is 0.538. The normalized spacial score (nSPS) is 31.3. The molecule has 3 rings (SSSR count). The minimum Gasteiger partial charge on any atom is -0.381 e. The van der Waals surface area contributed by atoms with Crippen LogP contribution in [0.3, 0.4) is 0 Å². The quantitative estimate of drug-likeness (QED) is 0.426. The van der Waals surface area contributed by atoms with Gasteiger partial charge in [-0.25, -0.2) is 0 Å². The highest BCUT2D eigenvalue weighted by Gasteiger charge is 2.65. The Balaban J connectivity index is 1.43. The second kappa shape index (κ2) is 8.05. The summed E-state index contributed by atoms with van der Waals surface area (Å²) in [5, 5.41) is 7.20. The van der Waals surface area contributed by atoms with Crippen LogP contribution in [-0.2, 0) is 9.47 Å². The lowest BCUT2D eigenvalue weighted by Crippen LogP contribution is -2.69. The second-order valence-corrected chi connectivity index (χ2v) is 8.13. The van der Waals surface area contributed by atoms with Crippen LogP contribution >= 0.6 is 0 Å². The van der Waals surface area contributed by atoms with Crippen LogP contribution in [0.1, 0.15) is 52.4 Å². The molecule has 3 atom stereocenters. The molecule has 0 amide bonds. The van der Waals surface area contributed by atoms with Crippen molar-refractivity contribution < 1.29 is 9.47 Å². The van der Waals surface area contributed by atoms with E-state index in [9.17, 15) is 0 Å². The van der Waals surface area contributed by atoms with E-state index in [-0.39, 0.29) is 0 Å². The van der Waals surface area contributed by atoms with Crippen molar-refractivity contribution in [1.29, 1.82) is 0 Å². The van der Waals surface area contributed by atoms with Crippen molar-refractivity contribution in [2.75, 3.05) is 33.4 Å². The predicted octanol–water partition coefficient (Wildman–Crippen LogP) is 2.56. The van der Waals surface area contributed by atoms with Crippen molar-refractivity contribution in [3.8, 4) is 0 Å². The summed E-state index contributed by atoms with van der Waals surface area (Å²) < 4.78 is 11.7. The topological polar surface area (TPSA) is 54.9 Å². The van der Waals surface area contributed by atoms with E-state index in [1.807, 2.05) is 7.05 Å². The molecule has 1 heterocycles. The average Bonchev–Trinajstić information content (AvgIpc) is 3.21.